The molecule has 0 atom stereocenters. The number of aromatic amines is 1. The lowest BCUT2D eigenvalue weighted by Gasteiger charge is -2.14. The number of ether oxygens (including phenoxy) is 2. The number of aromatic nitrogens is 2. The third-order valence-corrected chi connectivity index (χ3v) is 5.69. The van der Waals surface area contributed by atoms with Crippen molar-refractivity contribution < 1.29 is 18.8 Å². The Balaban J connectivity index is 1.62. The summed E-state index contributed by atoms with van der Waals surface area (Å²) in [5, 5.41) is 20.7. The lowest BCUT2D eigenvalue weighted by molar-refractivity contribution is -0.384. The normalized spacial score (nSPS) is 11.3. The molecule has 0 fully saturated rings. The number of benzene rings is 3. The predicted molar refractivity (Wildman–Crippen MR) is 133 cm³/mol. The van der Waals surface area contributed by atoms with Crippen molar-refractivity contribution in [3.05, 3.63) is 91.1 Å². The molecule has 4 aromatic rings. The Morgan fingerprint density at radius 1 is 1.29 bits per heavy atom. The van der Waals surface area contributed by atoms with Gasteiger partial charge in [0.15, 0.2) is 11.5 Å². The van der Waals surface area contributed by atoms with Crippen molar-refractivity contribution in [2.75, 3.05) is 7.11 Å². The second-order valence-corrected chi connectivity index (χ2v) is 8.33. The maximum absolute atomic E-state index is 13.5. The highest BCUT2D eigenvalue weighted by atomic mass is 127. The fourth-order valence-corrected chi connectivity index (χ4v) is 4.09. The van der Waals surface area contributed by atoms with Gasteiger partial charge in [-0.1, -0.05) is 12.1 Å². The molecule has 1 heterocycles. The average Bonchev–Trinajstić information content (AvgIpc) is 3.24. The summed E-state index contributed by atoms with van der Waals surface area (Å²) in [5.74, 6) is 0.838. The van der Waals surface area contributed by atoms with Gasteiger partial charge in [0.1, 0.15) is 24.3 Å². The zero-order valence-corrected chi connectivity index (χ0v) is 19.9. The van der Waals surface area contributed by atoms with Crippen LogP contribution >= 0.6 is 22.6 Å². The molecule has 170 valence electrons. The molecule has 1 N–H and O–H groups in total. The van der Waals surface area contributed by atoms with E-state index >= 15 is 0 Å². The van der Waals surface area contributed by atoms with E-state index in [-0.39, 0.29) is 17.9 Å². The minimum absolute atomic E-state index is 0.0133. The molecule has 0 spiro atoms. The van der Waals surface area contributed by atoms with Crippen LogP contribution in [0, 0.1) is 30.8 Å². The van der Waals surface area contributed by atoms with Gasteiger partial charge < -0.3 is 14.5 Å². The first-order valence-corrected chi connectivity index (χ1v) is 11.0. The lowest BCUT2D eigenvalue weighted by atomic mass is 10.1. The van der Waals surface area contributed by atoms with Crippen LogP contribution in [0.3, 0.4) is 0 Å². The van der Waals surface area contributed by atoms with Gasteiger partial charge in [-0.2, -0.15) is 5.26 Å². The number of allylic oxidation sites excluding steroid dienone is 1. The van der Waals surface area contributed by atoms with Gasteiger partial charge >= 0.3 is 0 Å². The van der Waals surface area contributed by atoms with E-state index in [1.165, 1.54) is 31.4 Å². The minimum Gasteiger partial charge on any atom is -0.493 e. The zero-order valence-electron chi connectivity index (χ0n) is 17.7. The smallest absolute Gasteiger partial charge is 0.269 e. The molecule has 0 aliphatic carbocycles. The molecule has 0 amide bonds. The molecule has 0 saturated heterocycles. The largest absolute Gasteiger partial charge is 0.493 e. The predicted octanol–water partition coefficient (Wildman–Crippen LogP) is 5.87. The number of nitro groups is 1. The summed E-state index contributed by atoms with van der Waals surface area (Å²) < 4.78 is 25.6. The van der Waals surface area contributed by atoms with Gasteiger partial charge in [-0.15, -0.1) is 0 Å². The number of rotatable bonds is 7. The van der Waals surface area contributed by atoms with E-state index in [2.05, 4.69) is 38.6 Å². The molecule has 0 aliphatic rings. The van der Waals surface area contributed by atoms with E-state index in [9.17, 15) is 19.8 Å². The van der Waals surface area contributed by atoms with Crippen LogP contribution in [0.1, 0.15) is 17.0 Å². The van der Waals surface area contributed by atoms with E-state index in [0.29, 0.717) is 39.5 Å². The maximum atomic E-state index is 13.5. The van der Waals surface area contributed by atoms with Gasteiger partial charge in [0, 0.05) is 12.1 Å². The van der Waals surface area contributed by atoms with E-state index in [4.69, 9.17) is 9.47 Å². The van der Waals surface area contributed by atoms with Crippen molar-refractivity contribution in [2.45, 2.75) is 6.61 Å². The molecule has 4 rings (SSSR count). The van der Waals surface area contributed by atoms with Gasteiger partial charge in [-0.3, -0.25) is 10.1 Å². The van der Waals surface area contributed by atoms with Crippen molar-refractivity contribution in [3.8, 4) is 17.6 Å². The van der Waals surface area contributed by atoms with Crippen LogP contribution in [0.25, 0.3) is 22.7 Å². The first-order chi connectivity index (χ1) is 16.4. The third kappa shape index (κ3) is 4.99. The summed E-state index contributed by atoms with van der Waals surface area (Å²) in [6.07, 6.45) is 1.64. The first-order valence-electron chi connectivity index (χ1n) is 9.89. The van der Waals surface area contributed by atoms with Crippen LogP contribution in [0.5, 0.6) is 11.5 Å². The summed E-state index contributed by atoms with van der Waals surface area (Å²) in [5.41, 5.74) is 2.61. The second kappa shape index (κ2) is 9.88. The number of hydrogen-bond acceptors (Lipinski definition) is 6. The number of nitro benzene ring substituents is 1. The SMILES string of the molecule is COc1cc(/C=C(/C#N)c2nc3ccc(F)cc3[nH]2)cc(I)c1OCc1cccc([N+](=O)[O-])c1. The highest BCUT2D eigenvalue weighted by molar-refractivity contribution is 14.1. The van der Waals surface area contributed by atoms with Crippen LogP contribution in [-0.2, 0) is 6.61 Å². The molecule has 3 aromatic carbocycles. The van der Waals surface area contributed by atoms with Gasteiger partial charge in [-0.25, -0.2) is 9.37 Å². The van der Waals surface area contributed by atoms with Gasteiger partial charge in [0.25, 0.3) is 5.69 Å². The second-order valence-electron chi connectivity index (χ2n) is 7.17. The highest BCUT2D eigenvalue weighted by Crippen LogP contribution is 2.36. The number of nitriles is 1. The standard InChI is InChI=1S/C24H16FIN4O4/c1-33-22-10-15(7-16(12-27)24-28-20-6-5-17(25)11-21(20)29-24)9-19(26)23(22)34-13-14-3-2-4-18(8-14)30(31)32/h2-11H,13H2,1H3,(H,28,29)/b16-7-. The Morgan fingerprint density at radius 3 is 2.85 bits per heavy atom. The molecule has 0 saturated carbocycles. The van der Waals surface area contributed by atoms with Crippen molar-refractivity contribution in [2.24, 2.45) is 0 Å². The van der Waals surface area contributed by atoms with Crippen LogP contribution in [-0.4, -0.2) is 22.0 Å². The summed E-state index contributed by atoms with van der Waals surface area (Å²) in [4.78, 5) is 17.9. The highest BCUT2D eigenvalue weighted by Gasteiger charge is 2.14. The molecular weight excluding hydrogens is 554 g/mol. The number of nitrogens with one attached hydrogen (secondary N) is 1. The van der Waals surface area contributed by atoms with Crippen LogP contribution in [0.2, 0.25) is 0 Å². The average molecular weight is 570 g/mol. The minimum atomic E-state index is -0.458. The van der Waals surface area contributed by atoms with E-state index in [1.807, 2.05) is 6.07 Å². The molecule has 1 aromatic heterocycles. The fourth-order valence-electron chi connectivity index (χ4n) is 3.31. The number of halogens is 2. The van der Waals surface area contributed by atoms with E-state index in [1.54, 1.807) is 30.3 Å². The van der Waals surface area contributed by atoms with Crippen molar-refractivity contribution in [1.82, 2.24) is 9.97 Å². The molecule has 10 heteroatoms. The lowest BCUT2D eigenvalue weighted by Crippen LogP contribution is -2.01. The Hall–Kier alpha value is -3.98. The number of imidazole rings is 1. The van der Waals surface area contributed by atoms with Crippen LogP contribution in [0.4, 0.5) is 10.1 Å². The first kappa shape index (κ1) is 23.2. The van der Waals surface area contributed by atoms with Gasteiger partial charge in [0.2, 0.25) is 0 Å². The number of hydrogen-bond donors (Lipinski definition) is 1. The van der Waals surface area contributed by atoms with Crippen molar-refractivity contribution >= 4 is 51.0 Å². The Labute approximate surface area is 206 Å². The summed E-state index contributed by atoms with van der Waals surface area (Å²) in [6, 6.07) is 16.0. The van der Waals surface area contributed by atoms with Gasteiger partial charge in [-0.05, 0) is 70.1 Å². The van der Waals surface area contributed by atoms with E-state index in [0.717, 1.165) is 3.57 Å². The van der Waals surface area contributed by atoms with Crippen LogP contribution in [0.15, 0.2) is 54.6 Å². The molecule has 0 bridgehead atoms. The number of fused-ring (bicyclic) bond motifs is 1. The monoisotopic (exact) mass is 570 g/mol. The quantitative estimate of drug-likeness (QED) is 0.129. The van der Waals surface area contributed by atoms with E-state index < -0.39 is 10.7 Å². The summed E-state index contributed by atoms with van der Waals surface area (Å²) in [6.45, 7) is 0.113. The zero-order chi connectivity index (χ0) is 24.2. The number of non-ortho nitro benzene ring substituents is 1. The maximum Gasteiger partial charge on any atom is 0.269 e. The molecule has 0 aliphatic heterocycles. The number of nitrogens with zero attached hydrogens (tertiary/aromatic N) is 3. The number of H-pyrrole nitrogens is 1. The van der Waals surface area contributed by atoms with Crippen LogP contribution < -0.4 is 9.47 Å². The summed E-state index contributed by atoms with van der Waals surface area (Å²) in [7, 11) is 1.50. The fraction of sp³-hybridized carbons (Fsp3) is 0.0833. The van der Waals surface area contributed by atoms with Crippen molar-refractivity contribution in [3.63, 3.8) is 0 Å². The Morgan fingerprint density at radius 2 is 2.12 bits per heavy atom. The Bertz CT molecular complexity index is 1480. The third-order valence-electron chi connectivity index (χ3n) is 4.89. The molecule has 0 unspecified atom stereocenters. The Kier molecular flexibility index (Phi) is 6.74. The number of methoxy groups -OCH3 is 1. The summed E-state index contributed by atoms with van der Waals surface area (Å²) >= 11 is 2.09. The molecule has 0 radical (unpaired) electrons. The topological polar surface area (TPSA) is 114 Å². The molecular formula is C24H16FIN4O4. The molecule has 34 heavy (non-hydrogen) atoms. The molecule has 8 nitrogen and oxygen atoms in total. The van der Waals surface area contributed by atoms with Gasteiger partial charge in [0.05, 0.1) is 32.2 Å². The van der Waals surface area contributed by atoms with Crippen molar-refractivity contribution in [1.29, 1.82) is 5.26 Å².